The van der Waals surface area contributed by atoms with Crippen molar-refractivity contribution in [3.63, 3.8) is 0 Å². The lowest BCUT2D eigenvalue weighted by Crippen LogP contribution is -2.03. The Bertz CT molecular complexity index is 5310. The van der Waals surface area contributed by atoms with Crippen molar-refractivity contribution < 1.29 is 8.78 Å². The van der Waals surface area contributed by atoms with Gasteiger partial charge in [0.05, 0.1) is 0 Å². The highest BCUT2D eigenvalue weighted by Crippen LogP contribution is 2.34. The minimum atomic E-state index is -0.363. The van der Waals surface area contributed by atoms with Crippen molar-refractivity contribution >= 4 is 21.5 Å². The van der Waals surface area contributed by atoms with E-state index in [1.807, 2.05) is 118 Å². The summed E-state index contributed by atoms with van der Waals surface area (Å²) in [5.41, 5.74) is 16.7. The number of rotatable bonds is 10. The Kier molecular flexibility index (Phi) is 20.5. The van der Waals surface area contributed by atoms with Gasteiger partial charge in [0, 0.05) is 44.5 Å². The second-order valence-electron chi connectivity index (χ2n) is 24.6. The lowest BCUT2D eigenvalue weighted by atomic mass is 10.0. The van der Waals surface area contributed by atoms with Crippen LogP contribution in [0.3, 0.4) is 0 Å². The summed E-state index contributed by atoms with van der Waals surface area (Å²) >= 11 is 0. The van der Waals surface area contributed by atoms with Gasteiger partial charge < -0.3 is 0 Å². The van der Waals surface area contributed by atoms with E-state index >= 15 is 0 Å². The van der Waals surface area contributed by atoms with E-state index in [9.17, 15) is 8.78 Å². The molecule has 0 unspecified atom stereocenters. The molecule has 12 aromatic carbocycles. The first kappa shape index (κ1) is 67.6. The van der Waals surface area contributed by atoms with Crippen LogP contribution in [0.15, 0.2) is 279 Å². The van der Waals surface area contributed by atoms with Crippen LogP contribution >= 0.6 is 0 Å². The molecular weight excluding hydrogens is 1260 g/mol. The smallest absolute Gasteiger partial charge is 0.164 e. The predicted octanol–water partition coefficient (Wildman–Crippen LogP) is 21.2. The average Bonchev–Trinajstić information content (AvgIpc) is 0.794. The van der Waals surface area contributed by atoms with Crippen molar-refractivity contribution in [2.24, 2.45) is 0 Å². The molecule has 0 radical (unpaired) electrons. The summed E-state index contributed by atoms with van der Waals surface area (Å²) in [4.78, 5) is 54.9. The van der Waals surface area contributed by atoms with Crippen LogP contribution in [-0.2, 0) is 0 Å². The molecule has 0 bridgehead atoms. The molecule has 0 amide bonds. The first-order chi connectivity index (χ1) is 49.6. The number of hydrogen-bond acceptors (Lipinski definition) is 12. The normalized spacial score (nSPS) is 10.8. The Morgan fingerprint density at radius 3 is 0.824 bits per heavy atom. The summed E-state index contributed by atoms with van der Waals surface area (Å²) in [5, 5.41) is 4.66. The van der Waals surface area contributed by atoms with Crippen LogP contribution in [0.2, 0.25) is 0 Å². The van der Waals surface area contributed by atoms with Crippen molar-refractivity contribution in [2.45, 2.75) is 55.4 Å². The fourth-order valence-electron chi connectivity index (χ4n) is 12.3. The van der Waals surface area contributed by atoms with Gasteiger partial charge in [0.1, 0.15) is 34.9 Å². The van der Waals surface area contributed by atoms with Crippen molar-refractivity contribution in [3.05, 3.63) is 336 Å². The zero-order valence-electron chi connectivity index (χ0n) is 57.7. The number of aromatic nitrogens is 12. The molecule has 16 aromatic rings. The van der Waals surface area contributed by atoms with Gasteiger partial charge in [0.15, 0.2) is 46.6 Å². The van der Waals surface area contributed by atoms with Gasteiger partial charge in [-0.1, -0.05) is 243 Å². The molecule has 0 atom stereocenters. The Hall–Kier alpha value is -12.9. The van der Waals surface area contributed by atoms with E-state index in [0.717, 1.165) is 78.6 Å². The SMILES string of the molecule is Cc1nc(-c2c(C)cccc2C)nc(-c2c(C)cccc2C)n1.Cc1nc(-c2cccc(-c3ccccc3)c2)nc(-c2cccc(-c3ccccc3)c2)n1.Cc1nc(-c2cccc(F)c2)nc(-c2cccc(F)c2)n1.Cc1nc(-c2cccc3ccccc23)nc(-c2cccc3ccccc23)n1. The molecule has 0 aliphatic rings. The highest BCUT2D eigenvalue weighted by molar-refractivity contribution is 5.97. The largest absolute Gasteiger partial charge is 0.213 e. The highest BCUT2D eigenvalue weighted by Gasteiger charge is 2.18. The van der Waals surface area contributed by atoms with E-state index in [4.69, 9.17) is 15.0 Å². The molecule has 0 aliphatic carbocycles. The number of benzene rings is 12. The molecule has 0 spiro atoms. The maximum atomic E-state index is 13.3. The average molecular weight is 1330 g/mol. The number of aryl methyl sites for hydroxylation is 8. The van der Waals surface area contributed by atoms with Crippen molar-refractivity contribution in [1.29, 1.82) is 0 Å². The van der Waals surface area contributed by atoms with Gasteiger partial charge in [-0.15, -0.1) is 0 Å². The van der Waals surface area contributed by atoms with Crippen LogP contribution in [0.1, 0.15) is 45.6 Å². The Morgan fingerprint density at radius 1 is 0.196 bits per heavy atom. The molecular formula is C88H70F2N12. The topological polar surface area (TPSA) is 155 Å². The van der Waals surface area contributed by atoms with Crippen LogP contribution in [0.25, 0.3) is 135 Å². The first-order valence-electron chi connectivity index (χ1n) is 33.5. The minimum Gasteiger partial charge on any atom is -0.213 e. The monoisotopic (exact) mass is 1330 g/mol. The highest BCUT2D eigenvalue weighted by atomic mass is 19.1. The van der Waals surface area contributed by atoms with Crippen LogP contribution < -0.4 is 0 Å². The summed E-state index contributed by atoms with van der Waals surface area (Å²) in [7, 11) is 0. The third kappa shape index (κ3) is 16.0. The fraction of sp³-hybridized carbons (Fsp3) is 0.0909. The summed E-state index contributed by atoms with van der Waals surface area (Å²) in [6.45, 7) is 15.9. The summed E-state index contributed by atoms with van der Waals surface area (Å²) in [5.74, 6) is 6.96. The molecule has 12 nitrogen and oxygen atoms in total. The molecule has 14 heteroatoms. The maximum absolute atomic E-state index is 13.3. The Morgan fingerprint density at radius 2 is 0.451 bits per heavy atom. The molecule has 4 aromatic heterocycles. The van der Waals surface area contributed by atoms with E-state index in [1.165, 1.54) is 68.4 Å². The third-order valence-corrected chi connectivity index (χ3v) is 17.1. The second-order valence-corrected chi connectivity index (χ2v) is 24.6. The minimum absolute atomic E-state index is 0.362. The van der Waals surface area contributed by atoms with Crippen LogP contribution in [-0.4, -0.2) is 59.8 Å². The second kappa shape index (κ2) is 30.9. The van der Waals surface area contributed by atoms with Gasteiger partial charge in [-0.3, -0.25) is 0 Å². The lowest BCUT2D eigenvalue weighted by Gasteiger charge is -2.12. The molecule has 16 rings (SSSR count). The fourth-order valence-corrected chi connectivity index (χ4v) is 12.3. The van der Waals surface area contributed by atoms with E-state index in [1.54, 1.807) is 31.2 Å². The molecule has 496 valence electrons. The Labute approximate surface area is 591 Å². The molecule has 4 heterocycles. The molecule has 0 aliphatic heterocycles. The zero-order chi connectivity index (χ0) is 70.6. The van der Waals surface area contributed by atoms with Gasteiger partial charge in [0.25, 0.3) is 0 Å². The molecule has 102 heavy (non-hydrogen) atoms. The Balaban J connectivity index is 0.000000123. The molecule has 0 N–H and O–H groups in total. The van der Waals surface area contributed by atoms with E-state index < -0.39 is 0 Å². The van der Waals surface area contributed by atoms with E-state index in [-0.39, 0.29) is 11.6 Å². The lowest BCUT2D eigenvalue weighted by molar-refractivity contribution is 0.628. The van der Waals surface area contributed by atoms with Crippen LogP contribution in [0.5, 0.6) is 0 Å². The van der Waals surface area contributed by atoms with Crippen LogP contribution in [0, 0.1) is 67.0 Å². The quantitative estimate of drug-likeness (QED) is 0.128. The summed E-state index contributed by atoms with van der Waals surface area (Å²) in [6.07, 6.45) is 0. The first-order valence-corrected chi connectivity index (χ1v) is 33.5. The van der Waals surface area contributed by atoms with Gasteiger partial charge in [0.2, 0.25) is 0 Å². The van der Waals surface area contributed by atoms with Gasteiger partial charge in [-0.2, -0.15) is 0 Å². The van der Waals surface area contributed by atoms with E-state index in [0.29, 0.717) is 57.7 Å². The van der Waals surface area contributed by atoms with Gasteiger partial charge in [-0.05, 0) is 158 Å². The number of nitrogens with zero attached hydrogens (tertiary/aromatic N) is 12. The molecule has 0 fully saturated rings. The number of halogens is 2. The summed E-state index contributed by atoms with van der Waals surface area (Å²) in [6, 6.07) is 91.0. The summed E-state index contributed by atoms with van der Waals surface area (Å²) < 4.78 is 26.6. The maximum Gasteiger partial charge on any atom is 0.164 e. The van der Waals surface area contributed by atoms with Crippen molar-refractivity contribution in [1.82, 2.24) is 59.8 Å². The van der Waals surface area contributed by atoms with Crippen molar-refractivity contribution in [3.8, 4) is 113 Å². The molecule has 0 saturated carbocycles. The van der Waals surface area contributed by atoms with Crippen LogP contribution in [0.4, 0.5) is 8.78 Å². The molecule has 0 saturated heterocycles. The third-order valence-electron chi connectivity index (χ3n) is 17.1. The van der Waals surface area contributed by atoms with Gasteiger partial charge >= 0.3 is 0 Å². The standard InChI is InChI=1S/C28H21N3.C24H17N3.C20H21N3.C16H11F2N3/c1-20-29-27(25-16-8-14-23(18-25)21-10-4-2-5-11-21)31-28(30-20)26-17-9-15-24(19-26)22-12-6-3-7-13-22;1-16-25-23(21-14-6-10-17-8-2-4-12-19(17)21)27-24(26-16)22-15-7-11-18-9-3-5-13-20(18)22;1-12-8-6-9-13(2)17(12)19-21-16(5)22-20(23-19)18-14(3)10-7-11-15(18)4;1-10-19-15(11-4-2-6-13(17)8-11)21-16(20-10)12-5-3-7-14(18)9-12/h2-19H,1H3;2-15H,1H3;6-11H,1-5H3;2-9H,1H3. The van der Waals surface area contributed by atoms with E-state index in [2.05, 4.69) is 206 Å². The number of fused-ring (bicyclic) bond motifs is 2. The predicted molar refractivity (Wildman–Crippen MR) is 406 cm³/mol. The number of hydrogen-bond donors (Lipinski definition) is 0. The zero-order valence-corrected chi connectivity index (χ0v) is 57.7. The van der Waals surface area contributed by atoms with Gasteiger partial charge in [-0.25, -0.2) is 68.6 Å². The van der Waals surface area contributed by atoms with Crippen molar-refractivity contribution in [2.75, 3.05) is 0 Å².